The maximum Gasteiger partial charge on any atom is 0.368 e. The number of rotatable bonds is 9. The first kappa shape index (κ1) is 19.5. The lowest BCUT2D eigenvalue weighted by Gasteiger charge is -2.12. The highest BCUT2D eigenvalue weighted by Gasteiger charge is 2.13. The van der Waals surface area contributed by atoms with E-state index in [1.54, 1.807) is 43.3 Å². The Morgan fingerprint density at radius 2 is 1.82 bits per heavy atom. The summed E-state index contributed by atoms with van der Waals surface area (Å²) in [5, 5.41) is 17.8. The number of hydrogen-bond acceptors (Lipinski definition) is 6. The molecule has 0 bridgehead atoms. The van der Waals surface area contributed by atoms with Crippen molar-refractivity contribution in [2.45, 2.75) is 32.4 Å². The Kier molecular flexibility index (Phi) is 6.33. The third-order valence-electron chi connectivity index (χ3n) is 4.16. The van der Waals surface area contributed by atoms with Crippen molar-refractivity contribution in [1.82, 2.24) is 19.8 Å². The highest BCUT2D eigenvalue weighted by Crippen LogP contribution is 2.14. The lowest BCUT2D eigenvalue weighted by molar-refractivity contribution is -0.116. The summed E-state index contributed by atoms with van der Waals surface area (Å²) in [5.41, 5.74) is 1.22. The molecule has 1 heterocycles. The zero-order valence-electron chi connectivity index (χ0n) is 15.6. The number of para-hydroxylation sites is 1. The second-order valence-electron chi connectivity index (χ2n) is 6.50. The van der Waals surface area contributed by atoms with Crippen LogP contribution in [0.5, 0.6) is 5.75 Å². The maximum absolute atomic E-state index is 12.4. The van der Waals surface area contributed by atoms with E-state index in [0.29, 0.717) is 24.3 Å². The van der Waals surface area contributed by atoms with Crippen molar-refractivity contribution >= 4 is 5.78 Å². The molecule has 8 heteroatoms. The molecule has 8 nitrogen and oxygen atoms in total. The van der Waals surface area contributed by atoms with Crippen LogP contribution in [0.4, 0.5) is 0 Å². The fourth-order valence-corrected chi connectivity index (χ4v) is 2.64. The Morgan fingerprint density at radius 3 is 2.50 bits per heavy atom. The van der Waals surface area contributed by atoms with Crippen molar-refractivity contribution < 1.29 is 14.6 Å². The predicted octanol–water partition coefficient (Wildman–Crippen LogP) is 1.39. The second kappa shape index (κ2) is 9.09. The first-order chi connectivity index (χ1) is 13.5. The van der Waals surface area contributed by atoms with Gasteiger partial charge in [0.1, 0.15) is 24.2 Å². The number of carbonyl (C=O) groups is 1. The summed E-state index contributed by atoms with van der Waals surface area (Å²) >= 11 is 0. The van der Waals surface area contributed by atoms with Crippen molar-refractivity contribution in [3.8, 4) is 11.4 Å². The molecule has 146 valence electrons. The van der Waals surface area contributed by atoms with Crippen molar-refractivity contribution in [2.75, 3.05) is 6.61 Å². The lowest BCUT2D eigenvalue weighted by atomic mass is 10.1. The summed E-state index contributed by atoms with van der Waals surface area (Å²) in [6.07, 6.45) is 0.284. The van der Waals surface area contributed by atoms with E-state index in [9.17, 15) is 14.7 Å². The van der Waals surface area contributed by atoms with Crippen LogP contribution in [0.25, 0.3) is 5.69 Å². The van der Waals surface area contributed by atoms with E-state index < -0.39 is 11.8 Å². The van der Waals surface area contributed by atoms with Gasteiger partial charge in [0.05, 0.1) is 12.2 Å². The van der Waals surface area contributed by atoms with Gasteiger partial charge < -0.3 is 14.6 Å². The van der Waals surface area contributed by atoms with E-state index in [2.05, 4.69) is 10.4 Å². The molecule has 28 heavy (non-hydrogen) atoms. The van der Waals surface area contributed by atoms with E-state index in [1.165, 1.54) is 4.68 Å². The molecule has 0 aliphatic rings. The SMILES string of the molecule is CC(=O)CCc1ccc(OC[C@H](O)Cn2nnn(-c3ccccc3)c2=O)cc1. The molecule has 1 N–H and O–H groups in total. The number of ketones is 1. The van der Waals surface area contributed by atoms with Crippen LogP contribution in [-0.2, 0) is 17.8 Å². The van der Waals surface area contributed by atoms with E-state index in [-0.39, 0.29) is 18.9 Å². The van der Waals surface area contributed by atoms with Gasteiger partial charge in [-0.3, -0.25) is 0 Å². The third-order valence-corrected chi connectivity index (χ3v) is 4.16. The summed E-state index contributed by atoms with van der Waals surface area (Å²) in [5.74, 6) is 0.758. The number of hydrogen-bond donors (Lipinski definition) is 1. The fourth-order valence-electron chi connectivity index (χ4n) is 2.64. The number of nitrogens with zero attached hydrogens (tertiary/aromatic N) is 4. The van der Waals surface area contributed by atoms with Crippen LogP contribution < -0.4 is 10.4 Å². The standard InChI is InChI=1S/C20H22N4O4/c1-15(25)7-8-16-9-11-19(12-10-16)28-14-18(26)13-23-20(27)24(22-21-23)17-5-3-2-4-6-17/h2-6,9-12,18,26H,7-8,13-14H2,1H3/t18-/m1/s1. The average Bonchev–Trinajstić information content (AvgIpc) is 3.06. The van der Waals surface area contributed by atoms with E-state index in [1.807, 2.05) is 18.2 Å². The monoisotopic (exact) mass is 382 g/mol. The van der Waals surface area contributed by atoms with Crippen LogP contribution in [0.3, 0.4) is 0 Å². The Balaban J connectivity index is 1.53. The number of aromatic nitrogens is 4. The Bertz CT molecular complexity index is 964. The van der Waals surface area contributed by atoms with E-state index in [0.717, 1.165) is 10.2 Å². The zero-order chi connectivity index (χ0) is 19.9. The maximum atomic E-state index is 12.4. The van der Waals surface area contributed by atoms with Gasteiger partial charge in [0.25, 0.3) is 0 Å². The van der Waals surface area contributed by atoms with Gasteiger partial charge in [-0.05, 0) is 53.6 Å². The minimum absolute atomic E-state index is 0.0113. The van der Waals surface area contributed by atoms with Gasteiger partial charge in [-0.2, -0.15) is 9.36 Å². The van der Waals surface area contributed by atoms with Gasteiger partial charge >= 0.3 is 5.69 Å². The lowest BCUT2D eigenvalue weighted by Crippen LogP contribution is -2.31. The molecule has 0 saturated carbocycles. The first-order valence-electron chi connectivity index (χ1n) is 9.00. The van der Waals surface area contributed by atoms with Gasteiger partial charge in [0.2, 0.25) is 0 Å². The molecular weight excluding hydrogens is 360 g/mol. The molecule has 0 saturated heterocycles. The molecule has 3 aromatic rings. The van der Waals surface area contributed by atoms with Crippen LogP contribution in [0.1, 0.15) is 18.9 Å². The van der Waals surface area contributed by atoms with E-state index >= 15 is 0 Å². The molecule has 0 amide bonds. The summed E-state index contributed by atoms with van der Waals surface area (Å²) in [6.45, 7) is 1.56. The van der Waals surface area contributed by atoms with Crippen LogP contribution in [0.2, 0.25) is 0 Å². The number of aliphatic hydroxyl groups excluding tert-OH is 1. The molecule has 1 aromatic heterocycles. The van der Waals surface area contributed by atoms with Crippen molar-refractivity contribution in [3.05, 3.63) is 70.6 Å². The minimum atomic E-state index is -0.920. The molecule has 0 fully saturated rings. The summed E-state index contributed by atoms with van der Waals surface area (Å²) in [6, 6.07) is 16.3. The van der Waals surface area contributed by atoms with Crippen molar-refractivity contribution in [2.24, 2.45) is 0 Å². The van der Waals surface area contributed by atoms with Crippen LogP contribution in [0, 0.1) is 0 Å². The number of tetrazole rings is 1. The Morgan fingerprint density at radius 1 is 1.11 bits per heavy atom. The fraction of sp³-hybridized carbons (Fsp3) is 0.300. The number of benzene rings is 2. The van der Waals surface area contributed by atoms with Gasteiger partial charge in [0.15, 0.2) is 0 Å². The number of aliphatic hydroxyl groups is 1. The molecule has 0 spiro atoms. The predicted molar refractivity (Wildman–Crippen MR) is 103 cm³/mol. The summed E-state index contributed by atoms with van der Waals surface area (Å²) < 4.78 is 7.84. The van der Waals surface area contributed by atoms with Gasteiger partial charge in [-0.25, -0.2) is 4.79 Å². The summed E-state index contributed by atoms with van der Waals surface area (Å²) in [7, 11) is 0. The number of ether oxygens (including phenoxy) is 1. The average molecular weight is 382 g/mol. The molecule has 1 atom stereocenters. The van der Waals surface area contributed by atoms with Gasteiger partial charge in [0, 0.05) is 6.42 Å². The Labute approximate surface area is 162 Å². The quantitative estimate of drug-likeness (QED) is 0.600. The zero-order valence-corrected chi connectivity index (χ0v) is 15.6. The number of carbonyl (C=O) groups excluding carboxylic acids is 1. The van der Waals surface area contributed by atoms with E-state index in [4.69, 9.17) is 4.74 Å². The third kappa shape index (κ3) is 5.14. The van der Waals surface area contributed by atoms with Gasteiger partial charge in [-0.15, -0.1) is 0 Å². The number of Topliss-reactive ketones (excluding diaryl/α,β-unsaturated/α-hetero) is 1. The number of aryl methyl sites for hydroxylation is 1. The van der Waals surface area contributed by atoms with Gasteiger partial charge in [-0.1, -0.05) is 30.3 Å². The highest BCUT2D eigenvalue weighted by molar-refractivity contribution is 5.75. The summed E-state index contributed by atoms with van der Waals surface area (Å²) in [4.78, 5) is 23.4. The Hall–Kier alpha value is -3.26. The molecule has 0 aliphatic carbocycles. The molecule has 0 aliphatic heterocycles. The van der Waals surface area contributed by atoms with Crippen molar-refractivity contribution in [3.63, 3.8) is 0 Å². The van der Waals surface area contributed by atoms with Crippen LogP contribution in [0.15, 0.2) is 59.4 Å². The largest absolute Gasteiger partial charge is 0.491 e. The molecular formula is C20H22N4O4. The minimum Gasteiger partial charge on any atom is -0.491 e. The molecule has 3 rings (SSSR count). The smallest absolute Gasteiger partial charge is 0.368 e. The van der Waals surface area contributed by atoms with Crippen LogP contribution >= 0.6 is 0 Å². The van der Waals surface area contributed by atoms with Crippen LogP contribution in [-0.4, -0.2) is 43.4 Å². The molecule has 2 aromatic carbocycles. The molecule has 0 radical (unpaired) electrons. The first-order valence-corrected chi connectivity index (χ1v) is 9.00. The highest BCUT2D eigenvalue weighted by atomic mass is 16.5. The molecule has 0 unspecified atom stereocenters. The van der Waals surface area contributed by atoms with Crippen molar-refractivity contribution in [1.29, 1.82) is 0 Å². The topological polar surface area (TPSA) is 99.2 Å². The second-order valence-corrected chi connectivity index (χ2v) is 6.50. The normalized spacial score (nSPS) is 11.9.